The van der Waals surface area contributed by atoms with Crippen LogP contribution in [0, 0.1) is 5.92 Å². The Bertz CT molecular complexity index is 347. The van der Waals surface area contributed by atoms with Crippen molar-refractivity contribution < 1.29 is 9.90 Å². The Morgan fingerprint density at radius 1 is 1.35 bits per heavy atom. The van der Waals surface area contributed by atoms with Crippen LogP contribution in [0.15, 0.2) is 29.2 Å². The number of hydrogen-bond acceptors (Lipinski definition) is 3. The van der Waals surface area contributed by atoms with Gasteiger partial charge in [-0.15, -0.1) is 11.8 Å². The molecule has 0 aromatic heterocycles. The Morgan fingerprint density at radius 2 is 2.00 bits per heavy atom. The van der Waals surface area contributed by atoms with Gasteiger partial charge in [0.05, 0.1) is 12.5 Å². The number of anilines is 1. The third-order valence-electron chi connectivity index (χ3n) is 2.52. The van der Waals surface area contributed by atoms with E-state index in [1.165, 1.54) is 4.90 Å². The molecule has 0 saturated carbocycles. The molecule has 1 aromatic rings. The summed E-state index contributed by atoms with van der Waals surface area (Å²) in [6.45, 7) is 3.89. The minimum absolute atomic E-state index is 0.105. The number of hydrogen-bond donors (Lipinski definition) is 2. The van der Waals surface area contributed by atoms with E-state index in [0.29, 0.717) is 6.42 Å². The molecule has 0 aliphatic carbocycles. The second-order valence-corrected chi connectivity index (χ2v) is 5.07. The van der Waals surface area contributed by atoms with Gasteiger partial charge in [-0.25, -0.2) is 0 Å². The number of nitrogens with one attached hydrogen (secondary N) is 1. The lowest BCUT2D eigenvalue weighted by Crippen LogP contribution is -2.24. The van der Waals surface area contributed by atoms with Crippen LogP contribution in [0.1, 0.15) is 20.3 Å². The lowest BCUT2D eigenvalue weighted by molar-refractivity contribution is -0.121. The zero-order chi connectivity index (χ0) is 12.7. The molecule has 1 atom stereocenters. The second-order valence-electron chi connectivity index (χ2n) is 3.73. The van der Waals surface area contributed by atoms with E-state index in [4.69, 9.17) is 5.11 Å². The van der Waals surface area contributed by atoms with Crippen LogP contribution in [0.3, 0.4) is 0 Å². The van der Waals surface area contributed by atoms with Gasteiger partial charge in [0.25, 0.3) is 0 Å². The van der Waals surface area contributed by atoms with E-state index in [-0.39, 0.29) is 18.4 Å². The molecule has 1 unspecified atom stereocenters. The Hall–Kier alpha value is -1.00. The second kappa shape index (κ2) is 7.35. The number of rotatable bonds is 6. The first-order chi connectivity index (χ1) is 8.21. The molecule has 94 valence electrons. The van der Waals surface area contributed by atoms with Crippen LogP contribution in [0.25, 0.3) is 0 Å². The summed E-state index contributed by atoms with van der Waals surface area (Å²) in [6.07, 6.45) is 0.645. The molecule has 0 radical (unpaired) electrons. The van der Waals surface area contributed by atoms with Crippen molar-refractivity contribution in [3.05, 3.63) is 24.3 Å². The maximum Gasteiger partial charge on any atom is 0.229 e. The van der Waals surface area contributed by atoms with Gasteiger partial charge in [-0.3, -0.25) is 4.79 Å². The highest BCUT2D eigenvalue weighted by Gasteiger charge is 2.14. The van der Waals surface area contributed by atoms with E-state index in [1.54, 1.807) is 11.8 Å². The third-order valence-corrected chi connectivity index (χ3v) is 3.41. The third kappa shape index (κ3) is 4.40. The summed E-state index contributed by atoms with van der Waals surface area (Å²) in [5.74, 6) is 0.597. The molecule has 0 aliphatic rings. The smallest absolute Gasteiger partial charge is 0.229 e. The first-order valence-electron chi connectivity index (χ1n) is 5.85. The Morgan fingerprint density at radius 3 is 2.47 bits per heavy atom. The molecule has 0 saturated heterocycles. The number of aliphatic hydroxyl groups excluding tert-OH is 1. The van der Waals surface area contributed by atoms with Crippen molar-refractivity contribution in [2.45, 2.75) is 25.2 Å². The van der Waals surface area contributed by atoms with Gasteiger partial charge < -0.3 is 10.4 Å². The number of aliphatic hydroxyl groups is 1. The molecule has 1 aromatic carbocycles. The predicted octanol–water partition coefficient (Wildman–Crippen LogP) is 2.76. The number of amides is 1. The van der Waals surface area contributed by atoms with Crippen molar-refractivity contribution in [1.82, 2.24) is 0 Å². The fourth-order valence-electron chi connectivity index (χ4n) is 1.44. The topological polar surface area (TPSA) is 49.3 Å². The molecule has 2 N–H and O–H groups in total. The van der Waals surface area contributed by atoms with Crippen LogP contribution in [-0.4, -0.2) is 23.4 Å². The molecule has 0 bridgehead atoms. The summed E-state index contributed by atoms with van der Waals surface area (Å²) in [6, 6.07) is 7.76. The van der Waals surface area contributed by atoms with Crippen LogP contribution in [-0.2, 0) is 4.79 Å². The van der Waals surface area contributed by atoms with Gasteiger partial charge in [0.15, 0.2) is 0 Å². The van der Waals surface area contributed by atoms with Crippen molar-refractivity contribution in [2.75, 3.05) is 17.7 Å². The van der Waals surface area contributed by atoms with E-state index >= 15 is 0 Å². The highest BCUT2D eigenvalue weighted by Crippen LogP contribution is 2.20. The zero-order valence-corrected chi connectivity index (χ0v) is 11.1. The largest absolute Gasteiger partial charge is 0.396 e. The normalized spacial score (nSPS) is 12.2. The first-order valence-corrected chi connectivity index (χ1v) is 6.84. The van der Waals surface area contributed by atoms with Crippen LogP contribution >= 0.6 is 11.8 Å². The molecule has 0 spiro atoms. The number of benzene rings is 1. The van der Waals surface area contributed by atoms with Crippen LogP contribution < -0.4 is 5.32 Å². The molecule has 0 heterocycles. The number of carbonyl (C=O) groups is 1. The van der Waals surface area contributed by atoms with Crippen molar-refractivity contribution in [1.29, 1.82) is 0 Å². The molecule has 1 amide bonds. The summed E-state index contributed by atoms with van der Waals surface area (Å²) >= 11 is 1.77. The van der Waals surface area contributed by atoms with Gasteiger partial charge in [0, 0.05) is 10.6 Å². The van der Waals surface area contributed by atoms with Gasteiger partial charge in [-0.05, 0) is 36.4 Å². The minimum Gasteiger partial charge on any atom is -0.396 e. The maximum atomic E-state index is 11.7. The van der Waals surface area contributed by atoms with Crippen LogP contribution in [0.4, 0.5) is 5.69 Å². The summed E-state index contributed by atoms with van der Waals surface area (Å²) in [5, 5.41) is 11.8. The Kier molecular flexibility index (Phi) is 6.08. The van der Waals surface area contributed by atoms with E-state index in [0.717, 1.165) is 11.4 Å². The Balaban J connectivity index is 2.59. The van der Waals surface area contributed by atoms with Crippen molar-refractivity contribution in [3.8, 4) is 0 Å². The Labute approximate surface area is 107 Å². The molecule has 0 fully saturated rings. The summed E-state index contributed by atoms with van der Waals surface area (Å²) in [5.41, 5.74) is 0.780. The molecule has 4 heteroatoms. The SMILES string of the molecule is CCSc1ccc(NC(=O)C(CC)CO)cc1. The molecule has 17 heavy (non-hydrogen) atoms. The van der Waals surface area contributed by atoms with Gasteiger partial charge >= 0.3 is 0 Å². The fraction of sp³-hybridized carbons (Fsp3) is 0.462. The number of carbonyl (C=O) groups excluding carboxylic acids is 1. The van der Waals surface area contributed by atoms with Crippen molar-refractivity contribution >= 4 is 23.4 Å². The van der Waals surface area contributed by atoms with Gasteiger partial charge in [0.1, 0.15) is 0 Å². The molecule has 0 aliphatic heterocycles. The van der Waals surface area contributed by atoms with Crippen LogP contribution in [0.5, 0.6) is 0 Å². The van der Waals surface area contributed by atoms with Crippen LogP contribution in [0.2, 0.25) is 0 Å². The van der Waals surface area contributed by atoms with E-state index in [9.17, 15) is 4.79 Å². The summed E-state index contributed by atoms with van der Waals surface area (Å²) in [7, 11) is 0. The quantitative estimate of drug-likeness (QED) is 0.766. The molecule has 1 rings (SSSR count). The maximum absolute atomic E-state index is 11.7. The van der Waals surface area contributed by atoms with Gasteiger partial charge in [-0.1, -0.05) is 13.8 Å². The summed E-state index contributed by atoms with van der Waals surface area (Å²) in [4.78, 5) is 12.9. The molecular formula is C13H19NO2S. The van der Waals surface area contributed by atoms with E-state index in [1.807, 2.05) is 31.2 Å². The molecular weight excluding hydrogens is 234 g/mol. The monoisotopic (exact) mass is 253 g/mol. The minimum atomic E-state index is -0.320. The van der Waals surface area contributed by atoms with Crippen molar-refractivity contribution in [3.63, 3.8) is 0 Å². The highest BCUT2D eigenvalue weighted by molar-refractivity contribution is 7.99. The van der Waals surface area contributed by atoms with Gasteiger partial charge in [0.2, 0.25) is 5.91 Å². The predicted molar refractivity (Wildman–Crippen MR) is 72.3 cm³/mol. The standard InChI is InChI=1S/C13H19NO2S/c1-3-10(9-15)13(16)14-11-5-7-12(8-6-11)17-4-2/h5-8,10,15H,3-4,9H2,1-2H3,(H,14,16). The van der Waals surface area contributed by atoms with Crippen molar-refractivity contribution in [2.24, 2.45) is 5.92 Å². The highest BCUT2D eigenvalue weighted by atomic mass is 32.2. The number of thioether (sulfide) groups is 1. The average Bonchev–Trinajstić information content (AvgIpc) is 2.33. The zero-order valence-electron chi connectivity index (χ0n) is 10.3. The fourth-order valence-corrected chi connectivity index (χ4v) is 2.10. The first kappa shape index (κ1) is 14.1. The van der Waals surface area contributed by atoms with E-state index < -0.39 is 0 Å². The average molecular weight is 253 g/mol. The molecule has 3 nitrogen and oxygen atoms in total. The summed E-state index contributed by atoms with van der Waals surface area (Å²) < 4.78 is 0. The lowest BCUT2D eigenvalue weighted by atomic mass is 10.1. The lowest BCUT2D eigenvalue weighted by Gasteiger charge is -2.12. The van der Waals surface area contributed by atoms with Gasteiger partial charge in [-0.2, -0.15) is 0 Å². The van der Waals surface area contributed by atoms with E-state index in [2.05, 4.69) is 12.2 Å².